The number of pyridine rings is 1. The molecule has 0 aliphatic carbocycles. The van der Waals surface area contributed by atoms with Crippen LogP contribution in [0.4, 0.5) is 0 Å². The van der Waals surface area contributed by atoms with Crippen LogP contribution < -0.4 is 4.74 Å². The normalized spacial score (nSPS) is 13.1. The predicted molar refractivity (Wildman–Crippen MR) is 126 cm³/mol. The lowest BCUT2D eigenvalue weighted by molar-refractivity contribution is 0.0456. The van der Waals surface area contributed by atoms with E-state index in [0.717, 1.165) is 45.8 Å². The summed E-state index contributed by atoms with van der Waals surface area (Å²) in [6.45, 7) is 2.27. The smallest absolute Gasteiger partial charge is 0.130 e. The third kappa shape index (κ3) is 5.63. The molecule has 3 aromatic carbocycles. The zero-order valence-corrected chi connectivity index (χ0v) is 18.3. The average molecular weight is 432 g/mol. The maximum Gasteiger partial charge on any atom is 0.130 e. The van der Waals surface area contributed by atoms with Gasteiger partial charge in [-0.1, -0.05) is 60.1 Å². The van der Waals surface area contributed by atoms with Gasteiger partial charge in [0.2, 0.25) is 0 Å². The number of nitrogens with zero attached hydrogens (tertiary/aromatic N) is 1. The summed E-state index contributed by atoms with van der Waals surface area (Å²) >= 11 is 5.94. The first-order chi connectivity index (χ1) is 15.0. The topological polar surface area (TPSA) is 42.4 Å². The van der Waals surface area contributed by atoms with E-state index in [1.807, 2.05) is 85.8 Å². The number of ether oxygens (including phenoxy) is 1. The van der Waals surface area contributed by atoms with Crippen LogP contribution in [0.3, 0.4) is 0 Å². The van der Waals surface area contributed by atoms with Crippen molar-refractivity contribution in [3.63, 3.8) is 0 Å². The molecular weight excluding hydrogens is 406 g/mol. The molecule has 0 aliphatic rings. The van der Waals surface area contributed by atoms with Gasteiger partial charge in [0.15, 0.2) is 0 Å². The van der Waals surface area contributed by atoms with E-state index in [2.05, 4.69) is 11.1 Å². The van der Waals surface area contributed by atoms with Gasteiger partial charge in [-0.15, -0.1) is 0 Å². The van der Waals surface area contributed by atoms with Crippen LogP contribution in [0.2, 0.25) is 5.02 Å². The Kier molecular flexibility index (Phi) is 6.55. The molecule has 0 saturated heterocycles. The van der Waals surface area contributed by atoms with Crippen LogP contribution in [-0.4, -0.2) is 10.1 Å². The van der Waals surface area contributed by atoms with Crippen LogP contribution in [0.1, 0.15) is 36.6 Å². The molecule has 3 nitrogen and oxygen atoms in total. The second-order valence-electron chi connectivity index (χ2n) is 8.06. The Bertz CT molecular complexity index is 1140. The minimum absolute atomic E-state index is 0.404. The quantitative estimate of drug-likeness (QED) is 0.337. The second kappa shape index (κ2) is 9.51. The largest absolute Gasteiger partial charge is 0.487 e. The highest BCUT2D eigenvalue weighted by molar-refractivity contribution is 6.30. The highest BCUT2D eigenvalue weighted by atomic mass is 35.5. The first kappa shape index (κ1) is 21.4. The first-order valence-electron chi connectivity index (χ1n) is 10.5. The number of hydrogen-bond acceptors (Lipinski definition) is 3. The number of aromatic nitrogens is 1. The van der Waals surface area contributed by atoms with Gasteiger partial charge in [0, 0.05) is 10.4 Å². The standard InChI is InChI=1S/C27H26ClNO2/c1-27(30,18-4-5-20-8-13-23(28)14-9-20)22-11-16-25(17-12-22)31-19-24-15-10-21-6-2-3-7-26(21)29-24/h2-3,6-17,30H,4-5,18-19H2,1H3. The lowest BCUT2D eigenvalue weighted by atomic mass is 9.89. The number of fused-ring (bicyclic) bond motifs is 1. The fraction of sp³-hybridized carbons (Fsp3) is 0.222. The lowest BCUT2D eigenvalue weighted by Crippen LogP contribution is -2.21. The van der Waals surface area contributed by atoms with Gasteiger partial charge in [0.1, 0.15) is 12.4 Å². The summed E-state index contributed by atoms with van der Waals surface area (Å²) in [6.07, 6.45) is 2.48. The number of rotatable bonds is 8. The SMILES string of the molecule is CC(O)(CCCc1ccc(Cl)cc1)c1ccc(OCc2ccc3ccccc3n2)cc1. The summed E-state index contributed by atoms with van der Waals surface area (Å²) in [6, 6.07) is 27.7. The van der Waals surface area contributed by atoms with Crippen LogP contribution in [0.5, 0.6) is 5.75 Å². The van der Waals surface area contributed by atoms with E-state index >= 15 is 0 Å². The van der Waals surface area contributed by atoms with Gasteiger partial charge in [-0.25, -0.2) is 4.98 Å². The number of para-hydroxylation sites is 1. The minimum Gasteiger partial charge on any atom is -0.487 e. The fourth-order valence-electron chi connectivity index (χ4n) is 3.69. The van der Waals surface area contributed by atoms with Crippen LogP contribution in [0.15, 0.2) is 84.9 Å². The van der Waals surface area contributed by atoms with Crippen molar-refractivity contribution < 1.29 is 9.84 Å². The van der Waals surface area contributed by atoms with Crippen LogP contribution in [-0.2, 0) is 18.6 Å². The minimum atomic E-state index is -0.884. The molecule has 1 atom stereocenters. The molecule has 31 heavy (non-hydrogen) atoms. The van der Waals surface area contributed by atoms with E-state index in [9.17, 15) is 5.11 Å². The Morgan fingerprint density at radius 2 is 1.65 bits per heavy atom. The van der Waals surface area contributed by atoms with Crippen molar-refractivity contribution in [2.24, 2.45) is 0 Å². The van der Waals surface area contributed by atoms with E-state index in [1.165, 1.54) is 5.56 Å². The van der Waals surface area contributed by atoms with E-state index < -0.39 is 5.60 Å². The lowest BCUT2D eigenvalue weighted by Gasteiger charge is -2.24. The van der Waals surface area contributed by atoms with Gasteiger partial charge < -0.3 is 9.84 Å². The van der Waals surface area contributed by atoms with Crippen molar-refractivity contribution in [3.8, 4) is 5.75 Å². The van der Waals surface area contributed by atoms with E-state index in [0.29, 0.717) is 13.0 Å². The third-order valence-electron chi connectivity index (χ3n) is 5.56. The summed E-state index contributed by atoms with van der Waals surface area (Å²) < 4.78 is 5.90. The summed E-state index contributed by atoms with van der Waals surface area (Å²) in [5.41, 5.74) is 3.09. The molecule has 1 unspecified atom stereocenters. The molecule has 1 N–H and O–H groups in total. The maximum absolute atomic E-state index is 10.9. The number of benzene rings is 3. The Labute approximate surface area is 188 Å². The summed E-state index contributed by atoms with van der Waals surface area (Å²) in [4.78, 5) is 4.64. The number of aryl methyl sites for hydroxylation is 1. The molecular formula is C27H26ClNO2. The van der Waals surface area contributed by atoms with Crippen molar-refractivity contribution in [2.45, 2.75) is 38.4 Å². The summed E-state index contributed by atoms with van der Waals surface area (Å²) in [5.74, 6) is 0.760. The third-order valence-corrected chi connectivity index (χ3v) is 5.81. The molecule has 1 aromatic heterocycles. The number of aliphatic hydroxyl groups is 1. The van der Waals surface area contributed by atoms with Crippen LogP contribution in [0.25, 0.3) is 10.9 Å². The van der Waals surface area contributed by atoms with Gasteiger partial charge >= 0.3 is 0 Å². The number of halogens is 1. The van der Waals surface area contributed by atoms with Crippen molar-refractivity contribution in [3.05, 3.63) is 107 Å². The zero-order valence-electron chi connectivity index (χ0n) is 17.6. The Balaban J connectivity index is 1.32. The van der Waals surface area contributed by atoms with Crippen molar-refractivity contribution >= 4 is 22.5 Å². The molecule has 4 aromatic rings. The summed E-state index contributed by atoms with van der Waals surface area (Å²) in [7, 11) is 0. The van der Waals surface area contributed by atoms with E-state index in [-0.39, 0.29) is 0 Å². The predicted octanol–water partition coefficient (Wildman–Crippen LogP) is 6.70. The van der Waals surface area contributed by atoms with Crippen molar-refractivity contribution in [1.29, 1.82) is 0 Å². The Hall–Kier alpha value is -2.88. The monoisotopic (exact) mass is 431 g/mol. The van der Waals surface area contributed by atoms with Gasteiger partial charge in [-0.2, -0.15) is 0 Å². The summed E-state index contributed by atoms with van der Waals surface area (Å²) in [5, 5.41) is 12.8. The Morgan fingerprint density at radius 3 is 2.42 bits per heavy atom. The van der Waals surface area contributed by atoms with E-state index in [1.54, 1.807) is 0 Å². The average Bonchev–Trinajstić information content (AvgIpc) is 2.79. The second-order valence-corrected chi connectivity index (χ2v) is 8.50. The van der Waals surface area contributed by atoms with Crippen molar-refractivity contribution in [2.75, 3.05) is 0 Å². The number of hydrogen-bond donors (Lipinski definition) is 1. The molecule has 0 bridgehead atoms. The van der Waals surface area contributed by atoms with Gasteiger partial charge in [-0.05, 0) is 73.7 Å². The highest BCUT2D eigenvalue weighted by Crippen LogP contribution is 2.28. The molecule has 1 heterocycles. The van der Waals surface area contributed by atoms with Gasteiger partial charge in [0.25, 0.3) is 0 Å². The zero-order chi connectivity index (χ0) is 21.7. The van der Waals surface area contributed by atoms with Gasteiger partial charge in [0.05, 0.1) is 16.8 Å². The molecule has 0 spiro atoms. The van der Waals surface area contributed by atoms with Gasteiger partial charge in [-0.3, -0.25) is 0 Å². The fourth-order valence-corrected chi connectivity index (χ4v) is 3.81. The molecule has 4 heteroatoms. The molecule has 0 saturated carbocycles. The molecule has 0 amide bonds. The molecule has 0 fully saturated rings. The van der Waals surface area contributed by atoms with Crippen LogP contribution in [0, 0.1) is 0 Å². The molecule has 4 rings (SSSR count). The molecule has 0 aliphatic heterocycles. The molecule has 0 radical (unpaired) electrons. The van der Waals surface area contributed by atoms with Crippen LogP contribution >= 0.6 is 11.6 Å². The molecule has 158 valence electrons. The Morgan fingerprint density at radius 1 is 0.903 bits per heavy atom. The van der Waals surface area contributed by atoms with E-state index in [4.69, 9.17) is 16.3 Å². The first-order valence-corrected chi connectivity index (χ1v) is 10.9. The highest BCUT2D eigenvalue weighted by Gasteiger charge is 2.22. The van der Waals surface area contributed by atoms with Crippen molar-refractivity contribution in [1.82, 2.24) is 4.98 Å². The maximum atomic E-state index is 10.9.